The summed E-state index contributed by atoms with van der Waals surface area (Å²) in [6.45, 7) is 0.460. The van der Waals surface area contributed by atoms with Gasteiger partial charge in [0.15, 0.2) is 0 Å². The van der Waals surface area contributed by atoms with Crippen LogP contribution in [0.3, 0.4) is 0 Å². The van der Waals surface area contributed by atoms with Gasteiger partial charge in [0, 0.05) is 19.6 Å². The van der Waals surface area contributed by atoms with Gasteiger partial charge >= 0.3 is 6.18 Å². The fourth-order valence-electron chi connectivity index (χ4n) is 1.74. The lowest BCUT2D eigenvalue weighted by molar-refractivity contribution is -0.180. The van der Waals surface area contributed by atoms with E-state index in [0.29, 0.717) is 6.54 Å². The van der Waals surface area contributed by atoms with Crippen LogP contribution in [0.2, 0.25) is 0 Å². The molecule has 1 rings (SSSR count). The molecule has 0 aromatic heterocycles. The van der Waals surface area contributed by atoms with Crippen molar-refractivity contribution in [2.24, 2.45) is 11.7 Å². The lowest BCUT2D eigenvalue weighted by Gasteiger charge is -2.35. The molecular weight excluding hydrogens is 251 g/mol. The predicted molar refractivity (Wildman–Crippen MR) is 57.4 cm³/mol. The number of rotatable bonds is 4. The summed E-state index contributed by atoms with van der Waals surface area (Å²) in [5, 5.41) is 0. The Morgan fingerprint density at radius 1 is 1.22 bits per heavy atom. The van der Waals surface area contributed by atoms with E-state index in [-0.39, 0.29) is 19.0 Å². The van der Waals surface area contributed by atoms with Crippen molar-refractivity contribution < 1.29 is 22.8 Å². The summed E-state index contributed by atoms with van der Waals surface area (Å²) in [5.41, 5.74) is 5.06. The highest BCUT2D eigenvalue weighted by Gasteiger charge is 2.41. The number of halogens is 3. The highest BCUT2D eigenvalue weighted by Crippen LogP contribution is 2.26. The van der Waals surface area contributed by atoms with Crippen LogP contribution in [-0.4, -0.2) is 60.5 Å². The lowest BCUT2D eigenvalue weighted by atomic mass is 10.1. The van der Waals surface area contributed by atoms with Crippen LogP contribution in [0.4, 0.5) is 13.2 Å². The Bertz CT molecular complexity index is 333. The van der Waals surface area contributed by atoms with Crippen LogP contribution in [-0.2, 0) is 9.59 Å². The highest BCUT2D eigenvalue weighted by molar-refractivity contribution is 5.92. The second-order valence-corrected chi connectivity index (χ2v) is 4.16. The number of hydrogen-bond acceptors (Lipinski definition) is 3. The summed E-state index contributed by atoms with van der Waals surface area (Å²) in [6.07, 6.45) is -4.46. The SMILES string of the molecule is CCN1CC(=O)N(CC(CN)C(F)(F)F)CC1=O. The van der Waals surface area contributed by atoms with Crippen molar-refractivity contribution in [3.63, 3.8) is 0 Å². The number of carbonyl (C=O) groups is 2. The molecule has 1 saturated heterocycles. The van der Waals surface area contributed by atoms with Gasteiger partial charge < -0.3 is 15.5 Å². The standard InChI is InChI=1S/C10H16F3N3O2/c1-2-15-5-9(18)16(6-8(15)17)4-7(3-14)10(11,12)13/h7H,2-6,14H2,1H3. The quantitative estimate of drug-likeness (QED) is 0.768. The maximum Gasteiger partial charge on any atom is 0.394 e. The van der Waals surface area contributed by atoms with E-state index in [0.717, 1.165) is 4.90 Å². The number of nitrogens with zero attached hydrogens (tertiary/aromatic N) is 2. The van der Waals surface area contributed by atoms with Crippen LogP contribution >= 0.6 is 0 Å². The van der Waals surface area contributed by atoms with Crippen LogP contribution in [0, 0.1) is 5.92 Å². The molecule has 0 bridgehead atoms. The first-order valence-electron chi connectivity index (χ1n) is 5.61. The predicted octanol–water partition coefficient (Wildman–Crippen LogP) is -0.186. The number of likely N-dealkylation sites (N-methyl/N-ethyl adjacent to an activating group) is 1. The Labute approximate surface area is 103 Å². The van der Waals surface area contributed by atoms with Gasteiger partial charge in [-0.05, 0) is 6.92 Å². The summed E-state index contributed by atoms with van der Waals surface area (Å²) in [4.78, 5) is 25.4. The smallest absolute Gasteiger partial charge is 0.332 e. The van der Waals surface area contributed by atoms with Crippen molar-refractivity contribution in [3.8, 4) is 0 Å². The fourth-order valence-corrected chi connectivity index (χ4v) is 1.74. The minimum atomic E-state index is -4.46. The van der Waals surface area contributed by atoms with Gasteiger partial charge in [-0.2, -0.15) is 13.2 Å². The van der Waals surface area contributed by atoms with E-state index in [1.54, 1.807) is 6.92 Å². The average molecular weight is 267 g/mol. The molecule has 0 radical (unpaired) electrons. The van der Waals surface area contributed by atoms with Crippen molar-refractivity contribution >= 4 is 11.8 Å². The molecule has 0 saturated carbocycles. The van der Waals surface area contributed by atoms with Gasteiger partial charge in [0.1, 0.15) is 0 Å². The molecule has 1 fully saturated rings. The van der Waals surface area contributed by atoms with E-state index in [2.05, 4.69) is 0 Å². The zero-order valence-corrected chi connectivity index (χ0v) is 10.0. The highest BCUT2D eigenvalue weighted by atomic mass is 19.4. The monoisotopic (exact) mass is 267 g/mol. The third kappa shape index (κ3) is 3.34. The van der Waals surface area contributed by atoms with Gasteiger partial charge in [-0.25, -0.2) is 0 Å². The molecule has 1 aliphatic rings. The molecule has 0 spiro atoms. The number of nitrogens with two attached hydrogens (primary N) is 1. The molecule has 1 heterocycles. The zero-order chi connectivity index (χ0) is 13.9. The summed E-state index contributed by atoms with van der Waals surface area (Å²) in [7, 11) is 0. The second kappa shape index (κ2) is 5.55. The Morgan fingerprint density at radius 3 is 2.17 bits per heavy atom. The number of carbonyl (C=O) groups excluding carboxylic acids is 2. The van der Waals surface area contributed by atoms with Crippen LogP contribution in [0.1, 0.15) is 6.92 Å². The minimum Gasteiger partial charge on any atom is -0.332 e. The van der Waals surface area contributed by atoms with Crippen LogP contribution in [0.15, 0.2) is 0 Å². The third-order valence-corrected chi connectivity index (χ3v) is 2.93. The largest absolute Gasteiger partial charge is 0.394 e. The first kappa shape index (κ1) is 14.7. The molecule has 1 atom stereocenters. The molecular formula is C10H16F3N3O2. The summed E-state index contributed by atoms with van der Waals surface area (Å²) in [5.74, 6) is -2.60. The van der Waals surface area contributed by atoms with Crippen molar-refractivity contribution in [1.82, 2.24) is 9.80 Å². The Hall–Kier alpha value is -1.31. The number of amides is 2. The van der Waals surface area contributed by atoms with Gasteiger partial charge in [-0.15, -0.1) is 0 Å². The van der Waals surface area contributed by atoms with Crippen LogP contribution < -0.4 is 5.73 Å². The van der Waals surface area contributed by atoms with Crippen molar-refractivity contribution in [2.75, 3.05) is 32.7 Å². The zero-order valence-electron chi connectivity index (χ0n) is 10.0. The first-order chi connectivity index (χ1) is 8.29. The molecule has 0 aromatic carbocycles. The minimum absolute atomic E-state index is 0.162. The Balaban J connectivity index is 2.68. The molecule has 104 valence electrons. The first-order valence-corrected chi connectivity index (χ1v) is 5.61. The molecule has 1 unspecified atom stereocenters. The van der Waals surface area contributed by atoms with Crippen molar-refractivity contribution in [1.29, 1.82) is 0 Å². The summed E-state index contributed by atoms with van der Waals surface area (Å²) < 4.78 is 37.6. The molecule has 18 heavy (non-hydrogen) atoms. The van der Waals surface area contributed by atoms with Crippen LogP contribution in [0.5, 0.6) is 0 Å². The van der Waals surface area contributed by atoms with E-state index < -0.39 is 31.1 Å². The van der Waals surface area contributed by atoms with E-state index in [1.807, 2.05) is 0 Å². The van der Waals surface area contributed by atoms with E-state index in [1.165, 1.54) is 4.90 Å². The average Bonchev–Trinajstić information content (AvgIpc) is 2.27. The second-order valence-electron chi connectivity index (χ2n) is 4.16. The molecule has 0 aromatic rings. The molecule has 0 aliphatic carbocycles. The van der Waals surface area contributed by atoms with Crippen LogP contribution in [0.25, 0.3) is 0 Å². The maximum atomic E-state index is 12.5. The van der Waals surface area contributed by atoms with Crippen molar-refractivity contribution in [2.45, 2.75) is 13.1 Å². The van der Waals surface area contributed by atoms with E-state index in [4.69, 9.17) is 5.73 Å². The normalized spacial score (nSPS) is 19.4. The Morgan fingerprint density at radius 2 is 1.72 bits per heavy atom. The van der Waals surface area contributed by atoms with Gasteiger partial charge in [0.25, 0.3) is 0 Å². The fraction of sp³-hybridized carbons (Fsp3) is 0.800. The Kier molecular flexibility index (Phi) is 4.55. The van der Waals surface area contributed by atoms with E-state index >= 15 is 0 Å². The molecule has 2 amide bonds. The van der Waals surface area contributed by atoms with Crippen molar-refractivity contribution in [3.05, 3.63) is 0 Å². The van der Waals surface area contributed by atoms with E-state index in [9.17, 15) is 22.8 Å². The lowest BCUT2D eigenvalue weighted by Crippen LogP contribution is -2.56. The van der Waals surface area contributed by atoms with Gasteiger partial charge in [-0.3, -0.25) is 9.59 Å². The molecule has 1 aliphatic heterocycles. The molecule has 8 heteroatoms. The maximum absolute atomic E-state index is 12.5. The number of alkyl halides is 3. The summed E-state index contributed by atoms with van der Waals surface area (Å²) >= 11 is 0. The number of piperazine rings is 1. The molecule has 5 nitrogen and oxygen atoms in total. The number of hydrogen-bond donors (Lipinski definition) is 1. The van der Waals surface area contributed by atoms with Gasteiger partial charge in [0.2, 0.25) is 11.8 Å². The third-order valence-electron chi connectivity index (χ3n) is 2.93. The topological polar surface area (TPSA) is 66.6 Å². The summed E-state index contributed by atoms with van der Waals surface area (Å²) in [6, 6.07) is 0. The van der Waals surface area contributed by atoms with Gasteiger partial charge in [0.05, 0.1) is 19.0 Å². The van der Waals surface area contributed by atoms with Gasteiger partial charge in [-0.1, -0.05) is 0 Å². The molecule has 2 N–H and O–H groups in total.